The SMILES string of the molecule is c1ccc2cc(-c3c4ccccc4c(-c4ccc5oc6cc7ccccc7nc6c5c4)c4ccccc34)ccc2c1. The highest BCUT2D eigenvalue weighted by molar-refractivity contribution is 6.22. The summed E-state index contributed by atoms with van der Waals surface area (Å²) in [6, 6.07) is 49.8. The molecule has 0 spiro atoms. The number of aromatic nitrogens is 1. The lowest BCUT2D eigenvalue weighted by Crippen LogP contribution is -1.91. The van der Waals surface area contributed by atoms with Crippen LogP contribution in [-0.4, -0.2) is 4.98 Å². The summed E-state index contributed by atoms with van der Waals surface area (Å²) in [5, 5.41) is 9.59. The first-order valence-corrected chi connectivity index (χ1v) is 14.0. The molecule has 2 heteroatoms. The van der Waals surface area contributed by atoms with E-state index in [9.17, 15) is 0 Å². The lowest BCUT2D eigenvalue weighted by Gasteiger charge is -2.18. The maximum atomic E-state index is 6.28. The van der Waals surface area contributed by atoms with Gasteiger partial charge in [-0.2, -0.15) is 0 Å². The maximum absolute atomic E-state index is 6.28. The molecular formula is C39H23NO. The van der Waals surface area contributed by atoms with E-state index in [0.717, 1.165) is 38.5 Å². The second-order valence-electron chi connectivity index (χ2n) is 10.7. The molecule has 190 valence electrons. The average molecular weight is 522 g/mol. The fourth-order valence-electron chi connectivity index (χ4n) is 6.54. The number of pyridine rings is 1. The molecule has 0 saturated carbocycles. The number of hydrogen-bond acceptors (Lipinski definition) is 2. The predicted octanol–water partition coefficient (Wildman–Crippen LogP) is 10.9. The molecule has 9 aromatic rings. The zero-order chi connectivity index (χ0) is 26.9. The first-order chi connectivity index (χ1) is 20.3. The van der Waals surface area contributed by atoms with Crippen molar-refractivity contribution in [2.24, 2.45) is 0 Å². The second kappa shape index (κ2) is 8.51. The summed E-state index contributed by atoms with van der Waals surface area (Å²) in [5.74, 6) is 0. The van der Waals surface area contributed by atoms with Crippen LogP contribution < -0.4 is 0 Å². The highest BCUT2D eigenvalue weighted by Crippen LogP contribution is 2.45. The first kappa shape index (κ1) is 22.4. The number of para-hydroxylation sites is 1. The van der Waals surface area contributed by atoms with E-state index in [2.05, 4.69) is 127 Å². The van der Waals surface area contributed by atoms with E-state index in [1.807, 2.05) is 12.1 Å². The summed E-state index contributed by atoms with van der Waals surface area (Å²) in [6.45, 7) is 0. The molecule has 0 fully saturated rings. The van der Waals surface area contributed by atoms with Gasteiger partial charge in [-0.05, 0) is 84.9 Å². The molecule has 0 aliphatic carbocycles. The second-order valence-corrected chi connectivity index (χ2v) is 10.7. The molecule has 2 heterocycles. The van der Waals surface area contributed by atoms with Crippen molar-refractivity contribution < 1.29 is 4.42 Å². The zero-order valence-corrected chi connectivity index (χ0v) is 22.1. The van der Waals surface area contributed by atoms with Crippen molar-refractivity contribution in [3.8, 4) is 22.3 Å². The molecule has 2 nitrogen and oxygen atoms in total. The summed E-state index contributed by atoms with van der Waals surface area (Å²) in [5.41, 5.74) is 8.45. The largest absolute Gasteiger partial charge is 0.454 e. The fraction of sp³-hybridized carbons (Fsp3) is 0. The Balaban J connectivity index is 1.36. The van der Waals surface area contributed by atoms with Gasteiger partial charge in [-0.1, -0.05) is 109 Å². The van der Waals surface area contributed by atoms with Gasteiger partial charge in [-0.3, -0.25) is 0 Å². The van der Waals surface area contributed by atoms with Crippen molar-refractivity contribution in [1.29, 1.82) is 0 Å². The molecule has 0 bridgehead atoms. The number of nitrogens with zero attached hydrogens (tertiary/aromatic N) is 1. The zero-order valence-electron chi connectivity index (χ0n) is 22.1. The Morgan fingerprint density at radius 2 is 0.951 bits per heavy atom. The standard InChI is InChI=1S/C39H23NO/c1-2-10-25-21-27(18-17-24(25)9-1)37-29-12-4-6-14-31(29)38(32-15-7-5-13-30(32)37)28-19-20-35-33(22-28)39-36(41-35)23-26-11-3-8-16-34(26)40-39/h1-23H. The van der Waals surface area contributed by atoms with Gasteiger partial charge in [-0.15, -0.1) is 0 Å². The van der Waals surface area contributed by atoms with Crippen LogP contribution in [0.15, 0.2) is 144 Å². The van der Waals surface area contributed by atoms with Crippen LogP contribution in [0.5, 0.6) is 0 Å². The van der Waals surface area contributed by atoms with Crippen molar-refractivity contribution in [3.05, 3.63) is 140 Å². The van der Waals surface area contributed by atoms with Gasteiger partial charge in [-0.25, -0.2) is 4.98 Å². The van der Waals surface area contributed by atoms with Crippen molar-refractivity contribution in [3.63, 3.8) is 0 Å². The van der Waals surface area contributed by atoms with Gasteiger partial charge in [0.2, 0.25) is 0 Å². The van der Waals surface area contributed by atoms with E-state index >= 15 is 0 Å². The number of furan rings is 1. The maximum Gasteiger partial charge on any atom is 0.154 e. The lowest BCUT2D eigenvalue weighted by atomic mass is 9.85. The van der Waals surface area contributed by atoms with Gasteiger partial charge in [0.1, 0.15) is 11.1 Å². The molecular weight excluding hydrogens is 498 g/mol. The van der Waals surface area contributed by atoms with Gasteiger partial charge < -0.3 is 4.42 Å². The molecule has 0 saturated heterocycles. The summed E-state index contributed by atoms with van der Waals surface area (Å²) in [6.07, 6.45) is 0. The number of rotatable bonds is 2. The van der Waals surface area contributed by atoms with Crippen molar-refractivity contribution >= 4 is 65.3 Å². The monoisotopic (exact) mass is 521 g/mol. The van der Waals surface area contributed by atoms with Crippen LogP contribution in [0.25, 0.3) is 87.5 Å². The van der Waals surface area contributed by atoms with Gasteiger partial charge in [0.05, 0.1) is 5.52 Å². The lowest BCUT2D eigenvalue weighted by molar-refractivity contribution is 0.669. The summed E-state index contributed by atoms with van der Waals surface area (Å²) < 4.78 is 6.28. The summed E-state index contributed by atoms with van der Waals surface area (Å²) in [7, 11) is 0. The molecule has 0 aliphatic rings. The molecule has 0 unspecified atom stereocenters. The van der Waals surface area contributed by atoms with Crippen LogP contribution in [0, 0.1) is 0 Å². The van der Waals surface area contributed by atoms with Crippen LogP contribution in [0.2, 0.25) is 0 Å². The highest BCUT2D eigenvalue weighted by atomic mass is 16.3. The Labute approximate surface area is 236 Å². The van der Waals surface area contributed by atoms with Crippen LogP contribution >= 0.6 is 0 Å². The third-order valence-electron chi connectivity index (χ3n) is 8.40. The molecule has 0 aliphatic heterocycles. The Morgan fingerprint density at radius 1 is 0.390 bits per heavy atom. The molecule has 7 aromatic carbocycles. The Hall–Kier alpha value is -5.47. The van der Waals surface area contributed by atoms with Crippen LogP contribution in [0.3, 0.4) is 0 Å². The van der Waals surface area contributed by atoms with Crippen LogP contribution in [0.1, 0.15) is 0 Å². The van der Waals surface area contributed by atoms with Crippen LogP contribution in [0.4, 0.5) is 0 Å². The van der Waals surface area contributed by atoms with Gasteiger partial charge in [0.25, 0.3) is 0 Å². The summed E-state index contributed by atoms with van der Waals surface area (Å²) in [4.78, 5) is 5.01. The van der Waals surface area contributed by atoms with Crippen molar-refractivity contribution in [2.75, 3.05) is 0 Å². The van der Waals surface area contributed by atoms with E-state index in [-0.39, 0.29) is 0 Å². The third-order valence-corrected chi connectivity index (χ3v) is 8.40. The molecule has 2 aromatic heterocycles. The van der Waals surface area contributed by atoms with Gasteiger partial charge in [0.15, 0.2) is 5.58 Å². The van der Waals surface area contributed by atoms with Gasteiger partial charge in [0, 0.05) is 10.8 Å². The Kier molecular flexibility index (Phi) is 4.64. The molecule has 9 rings (SSSR count). The number of hydrogen-bond donors (Lipinski definition) is 0. The number of fused-ring (bicyclic) bond motifs is 7. The molecule has 41 heavy (non-hydrogen) atoms. The van der Waals surface area contributed by atoms with Crippen molar-refractivity contribution in [1.82, 2.24) is 4.98 Å². The minimum atomic E-state index is 0.817. The third kappa shape index (κ3) is 3.34. The normalized spacial score (nSPS) is 11.9. The van der Waals surface area contributed by atoms with E-state index in [1.54, 1.807) is 0 Å². The summed E-state index contributed by atoms with van der Waals surface area (Å²) >= 11 is 0. The van der Waals surface area contributed by atoms with E-state index in [1.165, 1.54) is 49.0 Å². The van der Waals surface area contributed by atoms with E-state index < -0.39 is 0 Å². The molecule has 0 atom stereocenters. The first-order valence-electron chi connectivity index (χ1n) is 14.0. The fourth-order valence-corrected chi connectivity index (χ4v) is 6.54. The van der Waals surface area contributed by atoms with E-state index in [4.69, 9.17) is 9.40 Å². The molecule has 0 radical (unpaired) electrons. The van der Waals surface area contributed by atoms with Crippen molar-refractivity contribution in [2.45, 2.75) is 0 Å². The Morgan fingerprint density at radius 3 is 1.66 bits per heavy atom. The topological polar surface area (TPSA) is 26.0 Å². The predicted molar refractivity (Wildman–Crippen MR) is 172 cm³/mol. The quantitative estimate of drug-likeness (QED) is 0.211. The van der Waals surface area contributed by atoms with Gasteiger partial charge >= 0.3 is 0 Å². The molecule has 0 N–H and O–H groups in total. The minimum absolute atomic E-state index is 0.817. The highest BCUT2D eigenvalue weighted by Gasteiger charge is 2.18. The minimum Gasteiger partial charge on any atom is -0.454 e. The Bertz CT molecular complexity index is 2430. The van der Waals surface area contributed by atoms with Crippen LogP contribution in [-0.2, 0) is 0 Å². The number of benzene rings is 7. The average Bonchev–Trinajstić information content (AvgIpc) is 3.38. The smallest absolute Gasteiger partial charge is 0.154 e. The molecule has 0 amide bonds. The van der Waals surface area contributed by atoms with E-state index in [0.29, 0.717) is 0 Å².